The second-order valence-corrected chi connectivity index (χ2v) is 14.0. The molecule has 0 aliphatic heterocycles. The van der Waals surface area contributed by atoms with Crippen LogP contribution in [0.4, 0.5) is 17.1 Å². The molecule has 0 radical (unpaired) electrons. The summed E-state index contributed by atoms with van der Waals surface area (Å²) in [7, 11) is 0. The fourth-order valence-electron chi connectivity index (χ4n) is 8.01. The molecular weight excluding hydrogens is 679 g/mol. The molecule has 0 fully saturated rings. The Morgan fingerprint density at radius 3 is 1.50 bits per heavy atom. The summed E-state index contributed by atoms with van der Waals surface area (Å²) < 4.78 is 2.17. The van der Waals surface area contributed by atoms with Crippen LogP contribution in [0, 0.1) is 0 Å². The van der Waals surface area contributed by atoms with E-state index >= 15 is 0 Å². The number of rotatable bonds is 8. The first-order chi connectivity index (χ1) is 27.8. The number of nitrogens with zero attached hydrogens (tertiary/aromatic N) is 3. The maximum Gasteiger partial charge on any atom is 0.101 e. The molecule has 0 saturated heterocycles. The predicted molar refractivity (Wildman–Crippen MR) is 235 cm³/mol. The SMILES string of the molecule is c1ccc(-c2ccc(N(c3ccccc3-c3ccccc3)c3cccc4c3cc(-c3ccccc3)n3nc(-c5ccccc5)c(-c5ccccc5)c43)cc2)cc1. The van der Waals surface area contributed by atoms with E-state index in [1.165, 1.54) is 11.1 Å². The van der Waals surface area contributed by atoms with E-state index in [-0.39, 0.29) is 0 Å². The first kappa shape index (κ1) is 33.1. The van der Waals surface area contributed by atoms with Crippen molar-refractivity contribution in [1.82, 2.24) is 9.61 Å². The van der Waals surface area contributed by atoms with E-state index in [9.17, 15) is 0 Å². The van der Waals surface area contributed by atoms with Gasteiger partial charge in [-0.15, -0.1) is 0 Å². The Morgan fingerprint density at radius 1 is 0.357 bits per heavy atom. The molecule has 0 aliphatic carbocycles. The van der Waals surface area contributed by atoms with Crippen LogP contribution >= 0.6 is 0 Å². The maximum absolute atomic E-state index is 5.47. The number of benzene rings is 8. The van der Waals surface area contributed by atoms with Crippen LogP contribution in [0.3, 0.4) is 0 Å². The fraction of sp³-hybridized carbons (Fsp3) is 0. The molecule has 0 amide bonds. The summed E-state index contributed by atoms with van der Waals surface area (Å²) in [5.74, 6) is 0. The molecule has 10 rings (SSSR count). The molecule has 10 aromatic rings. The lowest BCUT2D eigenvalue weighted by Gasteiger charge is -2.29. The van der Waals surface area contributed by atoms with Crippen molar-refractivity contribution >= 4 is 33.4 Å². The van der Waals surface area contributed by atoms with E-state index in [0.717, 1.165) is 78.1 Å². The Bertz CT molecular complexity index is 2920. The van der Waals surface area contributed by atoms with Gasteiger partial charge in [0.25, 0.3) is 0 Å². The number of fused-ring (bicyclic) bond motifs is 3. The lowest BCUT2D eigenvalue weighted by Crippen LogP contribution is -2.12. The van der Waals surface area contributed by atoms with Crippen molar-refractivity contribution in [3.05, 3.63) is 224 Å². The highest BCUT2D eigenvalue weighted by molar-refractivity contribution is 6.13. The smallest absolute Gasteiger partial charge is 0.101 e. The van der Waals surface area contributed by atoms with Crippen LogP contribution in [0.5, 0.6) is 0 Å². The third-order valence-electron chi connectivity index (χ3n) is 10.6. The molecule has 0 bridgehead atoms. The van der Waals surface area contributed by atoms with E-state index in [4.69, 9.17) is 5.10 Å². The van der Waals surface area contributed by atoms with Gasteiger partial charge in [-0.3, -0.25) is 0 Å². The molecule has 2 heterocycles. The first-order valence-corrected chi connectivity index (χ1v) is 19.1. The van der Waals surface area contributed by atoms with E-state index < -0.39 is 0 Å². The largest absolute Gasteiger partial charge is 0.309 e. The number of aromatic nitrogens is 2. The average molecular weight is 716 g/mol. The minimum Gasteiger partial charge on any atom is -0.309 e. The van der Waals surface area contributed by atoms with Crippen LogP contribution in [0.25, 0.3) is 72.2 Å². The minimum absolute atomic E-state index is 0.953. The van der Waals surface area contributed by atoms with Gasteiger partial charge in [-0.25, -0.2) is 4.52 Å². The van der Waals surface area contributed by atoms with Gasteiger partial charge in [0.05, 0.1) is 22.6 Å². The molecule has 0 saturated carbocycles. The summed E-state index contributed by atoms with van der Waals surface area (Å²) in [6, 6.07) is 79.9. The monoisotopic (exact) mass is 715 g/mol. The normalized spacial score (nSPS) is 11.2. The highest BCUT2D eigenvalue weighted by atomic mass is 15.2. The molecule has 0 N–H and O–H groups in total. The minimum atomic E-state index is 0.953. The second-order valence-electron chi connectivity index (χ2n) is 14.0. The Balaban J connectivity index is 1.31. The summed E-state index contributed by atoms with van der Waals surface area (Å²) in [5, 5.41) is 7.73. The molecule has 0 aliphatic rings. The van der Waals surface area contributed by atoms with Crippen LogP contribution in [-0.4, -0.2) is 9.61 Å². The second kappa shape index (κ2) is 14.4. The van der Waals surface area contributed by atoms with E-state index in [0.29, 0.717) is 0 Å². The molecule has 3 nitrogen and oxygen atoms in total. The predicted octanol–water partition coefficient (Wildman–Crippen LogP) is 14.3. The molecule has 3 heteroatoms. The van der Waals surface area contributed by atoms with Crippen molar-refractivity contribution < 1.29 is 0 Å². The molecule has 0 atom stereocenters. The molecule has 56 heavy (non-hydrogen) atoms. The zero-order valence-electron chi connectivity index (χ0n) is 30.7. The molecule has 2 aromatic heterocycles. The van der Waals surface area contributed by atoms with Gasteiger partial charge < -0.3 is 4.90 Å². The van der Waals surface area contributed by atoms with E-state index in [2.05, 4.69) is 234 Å². The Hall–Kier alpha value is -7.49. The van der Waals surface area contributed by atoms with Gasteiger partial charge in [0.2, 0.25) is 0 Å². The van der Waals surface area contributed by atoms with Gasteiger partial charge in [0, 0.05) is 38.7 Å². The number of hydrogen-bond acceptors (Lipinski definition) is 2. The van der Waals surface area contributed by atoms with Crippen LogP contribution in [-0.2, 0) is 0 Å². The van der Waals surface area contributed by atoms with Crippen LogP contribution in [0.15, 0.2) is 224 Å². The van der Waals surface area contributed by atoms with E-state index in [1.54, 1.807) is 0 Å². The Morgan fingerprint density at radius 2 is 0.857 bits per heavy atom. The Kier molecular flexibility index (Phi) is 8.51. The van der Waals surface area contributed by atoms with E-state index in [1.807, 2.05) is 0 Å². The topological polar surface area (TPSA) is 20.5 Å². The lowest BCUT2D eigenvalue weighted by molar-refractivity contribution is 0.979. The zero-order valence-corrected chi connectivity index (χ0v) is 30.7. The van der Waals surface area contributed by atoms with Crippen LogP contribution in [0.1, 0.15) is 0 Å². The number of pyridine rings is 1. The molecule has 8 aromatic carbocycles. The highest BCUT2D eigenvalue weighted by Gasteiger charge is 2.25. The zero-order chi connectivity index (χ0) is 37.3. The average Bonchev–Trinajstić information content (AvgIpc) is 3.70. The van der Waals surface area contributed by atoms with Gasteiger partial charge in [-0.2, -0.15) is 5.10 Å². The number of hydrogen-bond donors (Lipinski definition) is 0. The third-order valence-corrected chi connectivity index (χ3v) is 10.6. The third kappa shape index (κ3) is 5.92. The van der Waals surface area contributed by atoms with Gasteiger partial charge >= 0.3 is 0 Å². The van der Waals surface area contributed by atoms with Gasteiger partial charge in [0.1, 0.15) is 5.69 Å². The summed E-state index contributed by atoms with van der Waals surface area (Å²) in [6.07, 6.45) is 0. The standard InChI is InChI=1S/C53H37N3/c1-6-19-38(20-7-1)39-33-35-44(36-34-39)55(48-31-17-16-29-45(48)40-21-8-2-9-22-40)49-32-18-30-46-47(49)37-50(41-23-10-3-11-24-41)56-53(46)51(42-25-12-4-13-26-42)52(54-56)43-27-14-5-15-28-43/h1-37H. The Labute approximate surface area is 327 Å². The van der Waals surface area contributed by atoms with Crippen molar-refractivity contribution in [2.75, 3.05) is 4.90 Å². The quantitative estimate of drug-likeness (QED) is 0.156. The van der Waals surface area contributed by atoms with Crippen molar-refractivity contribution in [2.24, 2.45) is 0 Å². The summed E-state index contributed by atoms with van der Waals surface area (Å²) in [5.41, 5.74) is 15.4. The molecule has 264 valence electrons. The molecule has 0 spiro atoms. The van der Waals surface area contributed by atoms with Gasteiger partial charge in [-0.1, -0.05) is 194 Å². The van der Waals surface area contributed by atoms with Gasteiger partial charge in [0.15, 0.2) is 0 Å². The summed E-state index contributed by atoms with van der Waals surface area (Å²) in [6.45, 7) is 0. The van der Waals surface area contributed by atoms with Crippen molar-refractivity contribution in [3.8, 4) is 55.9 Å². The maximum atomic E-state index is 5.47. The van der Waals surface area contributed by atoms with Crippen molar-refractivity contribution in [3.63, 3.8) is 0 Å². The van der Waals surface area contributed by atoms with Crippen LogP contribution < -0.4 is 4.90 Å². The van der Waals surface area contributed by atoms with Crippen LogP contribution in [0.2, 0.25) is 0 Å². The molecular formula is C53H37N3. The summed E-state index contributed by atoms with van der Waals surface area (Å²) in [4.78, 5) is 2.43. The molecule has 0 unspecified atom stereocenters. The lowest BCUT2D eigenvalue weighted by atomic mass is 9.95. The fourth-order valence-corrected chi connectivity index (χ4v) is 8.01. The number of para-hydroxylation sites is 1. The number of anilines is 3. The first-order valence-electron chi connectivity index (χ1n) is 19.1. The van der Waals surface area contributed by atoms with Gasteiger partial charge in [-0.05, 0) is 52.6 Å². The van der Waals surface area contributed by atoms with Crippen molar-refractivity contribution in [2.45, 2.75) is 0 Å². The summed E-state index contributed by atoms with van der Waals surface area (Å²) >= 11 is 0. The van der Waals surface area contributed by atoms with Crippen molar-refractivity contribution in [1.29, 1.82) is 0 Å². The highest BCUT2D eigenvalue weighted by Crippen LogP contribution is 2.47.